The standard InChI is InChI=1S/C5H8F8N4O/c6-14(7)1-3(16(10)11)5(18)4(17(12)13)2-15(8)9/h3-5,18H,1-2H2. The molecule has 2 unspecified atom stereocenters. The second kappa shape index (κ2) is 7.63. The maximum Gasteiger partial charge on any atom is 0.119 e. The fourth-order valence-corrected chi connectivity index (χ4v) is 1.11. The second-order valence-corrected chi connectivity index (χ2v) is 3.11. The van der Waals surface area contributed by atoms with Crippen molar-refractivity contribution in [3.05, 3.63) is 0 Å². The first-order valence-corrected chi connectivity index (χ1v) is 4.24. The van der Waals surface area contributed by atoms with Gasteiger partial charge in [0.05, 0.1) is 19.2 Å². The molecule has 0 fully saturated rings. The van der Waals surface area contributed by atoms with Crippen LogP contribution in [0.5, 0.6) is 0 Å². The molecule has 0 aliphatic rings. The molecule has 0 saturated carbocycles. The van der Waals surface area contributed by atoms with E-state index in [1.54, 1.807) is 0 Å². The van der Waals surface area contributed by atoms with E-state index in [9.17, 15) is 35.9 Å². The molecule has 110 valence electrons. The summed E-state index contributed by atoms with van der Waals surface area (Å²) < 4.78 is 95.4. The number of hydrogen-bond acceptors (Lipinski definition) is 5. The van der Waals surface area contributed by atoms with Gasteiger partial charge in [-0.1, -0.05) is 0 Å². The molecular weight excluding hydrogens is 284 g/mol. The Labute approximate surface area is 94.8 Å². The molecular formula is C5H8F8N4O. The van der Waals surface area contributed by atoms with Crippen LogP contribution in [0.2, 0.25) is 0 Å². The Morgan fingerprint density at radius 3 is 1.11 bits per heavy atom. The minimum Gasteiger partial charge on any atom is -0.389 e. The van der Waals surface area contributed by atoms with Gasteiger partial charge in [-0.05, 0) is 0 Å². The number of hydrogen-bond donors (Lipinski definition) is 1. The molecule has 0 aromatic heterocycles. The van der Waals surface area contributed by atoms with E-state index in [0.717, 1.165) is 0 Å². The molecule has 0 aliphatic heterocycles. The van der Waals surface area contributed by atoms with Crippen molar-refractivity contribution in [2.75, 3.05) is 13.1 Å². The van der Waals surface area contributed by atoms with Crippen LogP contribution in [0.15, 0.2) is 0 Å². The number of aliphatic hydroxyl groups is 1. The predicted octanol–water partition coefficient (Wildman–Crippen LogP) is 1.37. The topological polar surface area (TPSA) is 33.2 Å². The number of nitrogens with zero attached hydrogens (tertiary/aromatic N) is 4. The lowest BCUT2D eigenvalue weighted by Gasteiger charge is -2.28. The highest BCUT2D eigenvalue weighted by Gasteiger charge is 2.40. The van der Waals surface area contributed by atoms with Crippen LogP contribution in [0.3, 0.4) is 0 Å². The van der Waals surface area contributed by atoms with Gasteiger partial charge in [-0.2, -0.15) is 0 Å². The largest absolute Gasteiger partial charge is 0.389 e. The van der Waals surface area contributed by atoms with E-state index in [-0.39, 0.29) is 0 Å². The van der Waals surface area contributed by atoms with E-state index >= 15 is 0 Å². The second-order valence-electron chi connectivity index (χ2n) is 3.11. The van der Waals surface area contributed by atoms with E-state index in [4.69, 9.17) is 5.11 Å². The third-order valence-corrected chi connectivity index (χ3v) is 1.94. The summed E-state index contributed by atoms with van der Waals surface area (Å²) in [6.07, 6.45) is -2.84. The minimum absolute atomic E-state index is 1.79. The number of halogens is 8. The van der Waals surface area contributed by atoms with Gasteiger partial charge in [0.15, 0.2) is 0 Å². The summed E-state index contributed by atoms with van der Waals surface area (Å²) in [5.74, 6) is 0. The molecule has 0 rings (SSSR count). The Morgan fingerprint density at radius 1 is 0.667 bits per heavy atom. The van der Waals surface area contributed by atoms with E-state index in [2.05, 4.69) is 0 Å². The molecule has 1 N–H and O–H groups in total. The summed E-state index contributed by atoms with van der Waals surface area (Å²) in [5, 5.41) is 1.56. The summed E-state index contributed by atoms with van der Waals surface area (Å²) in [4.78, 5) is 0. The smallest absolute Gasteiger partial charge is 0.119 e. The summed E-state index contributed by atoms with van der Waals surface area (Å²) in [6, 6.07) is -5.53. The fraction of sp³-hybridized carbons (Fsp3) is 1.00. The first kappa shape index (κ1) is 17.2. The lowest BCUT2D eigenvalue weighted by molar-refractivity contribution is -0.286. The van der Waals surface area contributed by atoms with Crippen molar-refractivity contribution in [2.24, 2.45) is 0 Å². The van der Waals surface area contributed by atoms with Gasteiger partial charge >= 0.3 is 0 Å². The molecule has 0 radical (unpaired) electrons. The van der Waals surface area contributed by atoms with Crippen molar-refractivity contribution in [3.8, 4) is 0 Å². The third-order valence-electron chi connectivity index (χ3n) is 1.94. The fourth-order valence-electron chi connectivity index (χ4n) is 1.11. The molecule has 0 aromatic carbocycles. The predicted molar refractivity (Wildman–Crippen MR) is 39.5 cm³/mol. The maximum atomic E-state index is 12.1. The van der Waals surface area contributed by atoms with Gasteiger partial charge in [0.1, 0.15) is 12.1 Å². The lowest BCUT2D eigenvalue weighted by atomic mass is 10.0. The van der Waals surface area contributed by atoms with Crippen molar-refractivity contribution in [1.29, 1.82) is 0 Å². The Balaban J connectivity index is 4.82. The van der Waals surface area contributed by atoms with Crippen LogP contribution < -0.4 is 0 Å². The molecule has 0 aromatic rings. The minimum atomic E-state index is -2.84. The maximum absolute atomic E-state index is 12.1. The van der Waals surface area contributed by atoms with Crippen molar-refractivity contribution >= 4 is 0 Å². The van der Waals surface area contributed by atoms with Gasteiger partial charge in [0, 0.05) is 21.4 Å². The normalized spacial score (nSPS) is 17.8. The summed E-state index contributed by atoms with van der Waals surface area (Å²) in [7, 11) is 0. The van der Waals surface area contributed by atoms with Crippen molar-refractivity contribution in [2.45, 2.75) is 18.2 Å². The molecule has 0 saturated heterocycles. The van der Waals surface area contributed by atoms with Crippen LogP contribution in [0, 0.1) is 0 Å². The highest BCUT2D eigenvalue weighted by atomic mass is 19.4. The monoisotopic (exact) mass is 292 g/mol. The summed E-state index contributed by atoms with van der Waals surface area (Å²) >= 11 is 0. The first-order chi connectivity index (χ1) is 8.16. The van der Waals surface area contributed by atoms with Crippen molar-refractivity contribution in [3.63, 3.8) is 0 Å². The summed E-state index contributed by atoms with van der Waals surface area (Å²) in [6.45, 7) is -3.62. The van der Waals surface area contributed by atoms with Gasteiger partial charge < -0.3 is 5.11 Å². The summed E-state index contributed by atoms with van der Waals surface area (Å²) in [5.41, 5.74) is 0. The highest BCUT2D eigenvalue weighted by molar-refractivity contribution is 4.83. The lowest BCUT2D eigenvalue weighted by Crippen LogP contribution is -2.52. The first-order valence-electron chi connectivity index (χ1n) is 4.24. The highest BCUT2D eigenvalue weighted by Crippen LogP contribution is 2.18. The average Bonchev–Trinajstić information content (AvgIpc) is 2.20. The average molecular weight is 292 g/mol. The zero-order valence-electron chi connectivity index (χ0n) is 8.41. The molecule has 2 atom stereocenters. The van der Waals surface area contributed by atoms with Gasteiger partial charge in [-0.25, -0.2) is 0 Å². The molecule has 18 heavy (non-hydrogen) atoms. The van der Waals surface area contributed by atoms with Crippen LogP contribution in [0.25, 0.3) is 0 Å². The molecule has 0 bridgehead atoms. The van der Waals surface area contributed by atoms with Crippen LogP contribution in [0.4, 0.5) is 35.9 Å². The Bertz CT molecular complexity index is 210. The Kier molecular flexibility index (Phi) is 7.30. The SMILES string of the molecule is OC(C(CN(F)F)N(F)F)C(CN(F)F)N(F)F. The third kappa shape index (κ3) is 5.72. The molecule has 0 heterocycles. The van der Waals surface area contributed by atoms with Crippen LogP contribution >= 0.6 is 0 Å². The number of rotatable bonds is 8. The Morgan fingerprint density at radius 2 is 0.944 bits per heavy atom. The van der Waals surface area contributed by atoms with E-state index < -0.39 is 52.7 Å². The Hall–Kier alpha value is -0.760. The van der Waals surface area contributed by atoms with Gasteiger partial charge in [0.2, 0.25) is 0 Å². The van der Waals surface area contributed by atoms with Gasteiger partial charge in [-0.3, -0.25) is 0 Å². The zero-order chi connectivity index (χ0) is 14.5. The number of aliphatic hydroxyl groups excluding tert-OH is 1. The zero-order valence-corrected chi connectivity index (χ0v) is 8.41. The van der Waals surface area contributed by atoms with E-state index in [1.807, 2.05) is 0 Å². The van der Waals surface area contributed by atoms with Crippen molar-refractivity contribution < 1.29 is 41.0 Å². The quantitative estimate of drug-likeness (QED) is 0.540. The van der Waals surface area contributed by atoms with Crippen LogP contribution in [-0.2, 0) is 0 Å². The molecule has 5 nitrogen and oxygen atoms in total. The van der Waals surface area contributed by atoms with Crippen molar-refractivity contribution in [1.82, 2.24) is 21.4 Å². The van der Waals surface area contributed by atoms with Crippen LogP contribution in [-0.4, -0.2) is 57.8 Å². The molecule has 13 heteroatoms. The van der Waals surface area contributed by atoms with Gasteiger partial charge in [0.25, 0.3) is 0 Å². The van der Waals surface area contributed by atoms with E-state index in [0.29, 0.717) is 0 Å². The molecule has 0 spiro atoms. The van der Waals surface area contributed by atoms with Crippen LogP contribution in [0.1, 0.15) is 0 Å². The molecule has 0 amide bonds. The molecule has 0 aliphatic carbocycles. The van der Waals surface area contributed by atoms with Gasteiger partial charge in [-0.15, -0.1) is 35.9 Å². The van der Waals surface area contributed by atoms with E-state index in [1.165, 1.54) is 0 Å².